The van der Waals surface area contributed by atoms with Crippen LogP contribution in [-0.4, -0.2) is 42.1 Å². The van der Waals surface area contributed by atoms with Crippen molar-refractivity contribution in [3.05, 3.63) is 0 Å². The van der Waals surface area contributed by atoms with Gasteiger partial charge >= 0.3 is 0 Å². The van der Waals surface area contributed by atoms with Crippen molar-refractivity contribution >= 4 is 0 Å². The molecule has 0 spiro atoms. The highest BCUT2D eigenvalue weighted by Gasteiger charge is 2.12. The maximum atomic E-state index is 5.77. The average molecular weight is 171 g/mol. The van der Waals surface area contributed by atoms with Crippen LogP contribution >= 0.6 is 0 Å². The Hall–Kier alpha value is -0.120. The van der Waals surface area contributed by atoms with Crippen LogP contribution in [0.1, 0.15) is 26.7 Å². The molecule has 0 unspecified atom stereocenters. The molecule has 1 aliphatic rings. The molecule has 3 heteroatoms. The number of hydrogen-bond acceptors (Lipinski definition) is 3. The molecule has 1 aliphatic heterocycles. The van der Waals surface area contributed by atoms with Gasteiger partial charge in [0.2, 0.25) is 0 Å². The fraction of sp³-hybridized carbons (Fsp3) is 1.00. The van der Waals surface area contributed by atoms with Gasteiger partial charge in [0, 0.05) is 25.7 Å². The first-order chi connectivity index (χ1) is 5.70. The summed E-state index contributed by atoms with van der Waals surface area (Å²) >= 11 is 0. The van der Waals surface area contributed by atoms with Gasteiger partial charge < -0.3 is 0 Å². The molecule has 0 atom stereocenters. The molecule has 0 bridgehead atoms. The average Bonchev–Trinajstić information content (AvgIpc) is 1.97. The predicted octanol–water partition coefficient (Wildman–Crippen LogP) is 0.666. The number of nitrogens with zero attached hydrogens (tertiary/aromatic N) is 2. The summed E-state index contributed by atoms with van der Waals surface area (Å²) in [6.45, 7) is 8.94. The predicted molar refractivity (Wildman–Crippen MR) is 51.7 cm³/mol. The second kappa shape index (κ2) is 4.80. The monoisotopic (exact) mass is 171 g/mol. The number of nitrogens with two attached hydrogens (primary N) is 1. The van der Waals surface area contributed by atoms with E-state index in [0.717, 1.165) is 19.6 Å². The van der Waals surface area contributed by atoms with Crippen LogP contribution in [0.25, 0.3) is 0 Å². The first kappa shape index (κ1) is 9.96. The maximum absolute atomic E-state index is 5.77. The standard InChI is InChI=1S/C9H21N3/c1-9(2)11-5-3-4-6-12(10)8-7-11/h9H,3-8,10H2,1-2H3. The van der Waals surface area contributed by atoms with E-state index >= 15 is 0 Å². The van der Waals surface area contributed by atoms with Crippen LogP contribution in [0, 0.1) is 0 Å². The molecule has 3 nitrogen and oxygen atoms in total. The quantitative estimate of drug-likeness (QED) is 0.588. The third kappa shape index (κ3) is 3.09. The van der Waals surface area contributed by atoms with Crippen molar-refractivity contribution in [2.75, 3.05) is 26.2 Å². The maximum Gasteiger partial charge on any atom is 0.0256 e. The molecule has 0 aromatic rings. The lowest BCUT2D eigenvalue weighted by atomic mass is 10.2. The zero-order chi connectivity index (χ0) is 8.97. The molecule has 12 heavy (non-hydrogen) atoms. The van der Waals surface area contributed by atoms with Gasteiger partial charge in [-0.1, -0.05) is 0 Å². The third-order valence-electron chi connectivity index (χ3n) is 2.55. The molecule has 0 aromatic carbocycles. The van der Waals surface area contributed by atoms with Gasteiger partial charge in [0.15, 0.2) is 0 Å². The van der Waals surface area contributed by atoms with Crippen LogP contribution in [0.3, 0.4) is 0 Å². The van der Waals surface area contributed by atoms with Crippen LogP contribution in [-0.2, 0) is 0 Å². The molecule has 1 fully saturated rings. The van der Waals surface area contributed by atoms with E-state index in [0.29, 0.717) is 6.04 Å². The minimum Gasteiger partial charge on any atom is -0.300 e. The Balaban J connectivity index is 2.34. The van der Waals surface area contributed by atoms with Crippen molar-refractivity contribution < 1.29 is 0 Å². The van der Waals surface area contributed by atoms with Crippen molar-refractivity contribution in [2.45, 2.75) is 32.7 Å². The molecule has 1 saturated heterocycles. The molecule has 0 aliphatic carbocycles. The van der Waals surface area contributed by atoms with Crippen LogP contribution < -0.4 is 5.84 Å². The molecule has 0 radical (unpaired) electrons. The zero-order valence-corrected chi connectivity index (χ0v) is 8.29. The summed E-state index contributed by atoms with van der Waals surface area (Å²) < 4.78 is 0. The van der Waals surface area contributed by atoms with E-state index in [1.807, 2.05) is 5.01 Å². The van der Waals surface area contributed by atoms with Gasteiger partial charge in [-0.05, 0) is 33.2 Å². The molecule has 0 amide bonds. The molecular weight excluding hydrogens is 150 g/mol. The molecule has 0 saturated carbocycles. The molecule has 1 rings (SSSR count). The van der Waals surface area contributed by atoms with Gasteiger partial charge in [0.25, 0.3) is 0 Å². The summed E-state index contributed by atoms with van der Waals surface area (Å²) in [7, 11) is 0. The highest BCUT2D eigenvalue weighted by Crippen LogP contribution is 2.04. The number of rotatable bonds is 1. The van der Waals surface area contributed by atoms with Gasteiger partial charge in [0.05, 0.1) is 0 Å². The lowest BCUT2D eigenvalue weighted by Gasteiger charge is -2.31. The zero-order valence-electron chi connectivity index (χ0n) is 8.29. The van der Waals surface area contributed by atoms with Crippen molar-refractivity contribution in [3.63, 3.8) is 0 Å². The van der Waals surface area contributed by atoms with Gasteiger partial charge in [0.1, 0.15) is 0 Å². The first-order valence-corrected chi connectivity index (χ1v) is 4.94. The minimum absolute atomic E-state index is 0.663. The van der Waals surface area contributed by atoms with Crippen molar-refractivity contribution in [2.24, 2.45) is 5.84 Å². The van der Waals surface area contributed by atoms with E-state index in [4.69, 9.17) is 5.84 Å². The Bertz CT molecular complexity index is 125. The smallest absolute Gasteiger partial charge is 0.0256 e. The summed E-state index contributed by atoms with van der Waals surface area (Å²) in [5, 5.41) is 1.94. The molecular formula is C9H21N3. The van der Waals surface area contributed by atoms with Gasteiger partial charge in [-0.2, -0.15) is 0 Å². The Morgan fingerprint density at radius 2 is 1.67 bits per heavy atom. The van der Waals surface area contributed by atoms with Gasteiger partial charge in [-0.25, -0.2) is 5.01 Å². The fourth-order valence-corrected chi connectivity index (χ4v) is 1.63. The van der Waals surface area contributed by atoms with Gasteiger partial charge in [-0.3, -0.25) is 10.7 Å². The van der Waals surface area contributed by atoms with E-state index in [1.54, 1.807) is 0 Å². The van der Waals surface area contributed by atoms with Crippen LogP contribution in [0.4, 0.5) is 0 Å². The minimum atomic E-state index is 0.663. The summed E-state index contributed by atoms with van der Waals surface area (Å²) in [6.07, 6.45) is 2.52. The van der Waals surface area contributed by atoms with E-state index < -0.39 is 0 Å². The number of hydrazine groups is 1. The first-order valence-electron chi connectivity index (χ1n) is 4.94. The van der Waals surface area contributed by atoms with Crippen LogP contribution in [0.15, 0.2) is 0 Å². The van der Waals surface area contributed by atoms with Gasteiger partial charge in [-0.15, -0.1) is 0 Å². The second-order valence-corrected chi connectivity index (χ2v) is 3.87. The largest absolute Gasteiger partial charge is 0.300 e. The summed E-state index contributed by atoms with van der Waals surface area (Å²) in [4.78, 5) is 2.50. The second-order valence-electron chi connectivity index (χ2n) is 3.87. The highest BCUT2D eigenvalue weighted by atomic mass is 15.4. The SMILES string of the molecule is CC(C)N1CCCCN(N)CC1. The molecule has 0 aromatic heterocycles. The summed E-state index contributed by atoms with van der Waals surface area (Å²) in [5.41, 5.74) is 0. The topological polar surface area (TPSA) is 32.5 Å². The number of hydrogen-bond donors (Lipinski definition) is 1. The molecule has 72 valence electrons. The van der Waals surface area contributed by atoms with E-state index in [1.165, 1.54) is 19.4 Å². The molecule has 1 heterocycles. The van der Waals surface area contributed by atoms with Crippen molar-refractivity contribution in [3.8, 4) is 0 Å². The van der Waals surface area contributed by atoms with E-state index in [9.17, 15) is 0 Å². The molecule has 2 N–H and O–H groups in total. The van der Waals surface area contributed by atoms with Crippen LogP contribution in [0.2, 0.25) is 0 Å². The fourth-order valence-electron chi connectivity index (χ4n) is 1.63. The Kier molecular flexibility index (Phi) is 3.98. The lowest BCUT2D eigenvalue weighted by Crippen LogP contribution is -2.44. The Labute approximate surface area is 75.5 Å². The van der Waals surface area contributed by atoms with Crippen LogP contribution in [0.5, 0.6) is 0 Å². The third-order valence-corrected chi connectivity index (χ3v) is 2.55. The lowest BCUT2D eigenvalue weighted by molar-refractivity contribution is 0.150. The Morgan fingerprint density at radius 1 is 1.00 bits per heavy atom. The normalized spacial score (nSPS) is 24.0. The Morgan fingerprint density at radius 3 is 2.33 bits per heavy atom. The van der Waals surface area contributed by atoms with Crippen molar-refractivity contribution in [1.29, 1.82) is 0 Å². The summed E-state index contributed by atoms with van der Waals surface area (Å²) in [6, 6.07) is 0.663. The summed E-state index contributed by atoms with van der Waals surface area (Å²) in [5.74, 6) is 5.77. The van der Waals surface area contributed by atoms with E-state index in [-0.39, 0.29) is 0 Å². The highest BCUT2D eigenvalue weighted by molar-refractivity contribution is 4.67. The van der Waals surface area contributed by atoms with Crippen molar-refractivity contribution in [1.82, 2.24) is 9.91 Å². The van der Waals surface area contributed by atoms with E-state index in [2.05, 4.69) is 18.7 Å².